The average molecular weight is 455 g/mol. The van der Waals surface area contributed by atoms with Gasteiger partial charge in [0.05, 0.1) is 18.1 Å². The second kappa shape index (κ2) is 8.90. The van der Waals surface area contributed by atoms with Gasteiger partial charge in [-0.3, -0.25) is 4.99 Å². The van der Waals surface area contributed by atoms with Crippen LogP contribution in [0.25, 0.3) is 10.8 Å². The number of rotatable bonds is 3. The first-order chi connectivity index (χ1) is 16.7. The summed E-state index contributed by atoms with van der Waals surface area (Å²) < 4.78 is 0. The normalized spacial score (nSPS) is 18.4. The van der Waals surface area contributed by atoms with Crippen LogP contribution in [0, 0.1) is 6.92 Å². The number of aromatic nitrogens is 2. The van der Waals surface area contributed by atoms with Gasteiger partial charge in [0.15, 0.2) is 0 Å². The topological polar surface area (TPSA) is 47.9 Å². The Balaban J connectivity index is 1.29. The first kappa shape index (κ1) is 21.4. The van der Waals surface area contributed by atoms with Crippen LogP contribution in [0.2, 0.25) is 0 Å². The van der Waals surface area contributed by atoms with Crippen LogP contribution < -0.4 is 9.80 Å². The maximum atomic E-state index is 5.06. The molecule has 6 heteroatoms. The summed E-state index contributed by atoms with van der Waals surface area (Å²) in [7, 11) is 0. The van der Waals surface area contributed by atoms with E-state index in [9.17, 15) is 0 Å². The molecule has 176 valence electrons. The van der Waals surface area contributed by atoms with Gasteiger partial charge in [-0.25, -0.2) is 9.97 Å². The van der Waals surface area contributed by atoms with Crippen LogP contribution in [-0.4, -0.2) is 60.0 Å². The molecule has 0 aliphatic carbocycles. The highest BCUT2D eigenvalue weighted by atomic mass is 15.3. The van der Waals surface area contributed by atoms with Crippen molar-refractivity contribution in [2.24, 2.45) is 4.99 Å². The van der Waals surface area contributed by atoms with Gasteiger partial charge in [0.1, 0.15) is 11.6 Å². The summed E-state index contributed by atoms with van der Waals surface area (Å²) in [5.74, 6) is 3.47. The highest BCUT2D eigenvalue weighted by Crippen LogP contribution is 2.35. The molecule has 2 aromatic carbocycles. The van der Waals surface area contributed by atoms with Crippen molar-refractivity contribution in [3.63, 3.8) is 0 Å². The highest BCUT2D eigenvalue weighted by Gasteiger charge is 2.28. The van der Waals surface area contributed by atoms with Gasteiger partial charge < -0.3 is 14.7 Å². The second-order valence-corrected chi connectivity index (χ2v) is 9.74. The summed E-state index contributed by atoms with van der Waals surface area (Å²) in [6, 6.07) is 13.3. The molecular formula is C28H34N6. The number of hydrogen-bond acceptors (Lipinski definition) is 6. The summed E-state index contributed by atoms with van der Waals surface area (Å²) >= 11 is 0. The predicted octanol–water partition coefficient (Wildman–Crippen LogP) is 4.38. The quantitative estimate of drug-likeness (QED) is 0.588. The van der Waals surface area contributed by atoms with Gasteiger partial charge in [-0.1, -0.05) is 37.3 Å². The Morgan fingerprint density at radius 1 is 0.853 bits per heavy atom. The lowest BCUT2D eigenvalue weighted by molar-refractivity contribution is 0.379. The van der Waals surface area contributed by atoms with Crippen molar-refractivity contribution in [3.8, 4) is 0 Å². The second-order valence-electron chi connectivity index (χ2n) is 9.74. The molecule has 1 fully saturated rings. The number of benzene rings is 2. The van der Waals surface area contributed by atoms with Gasteiger partial charge in [0, 0.05) is 68.7 Å². The molecule has 3 aliphatic rings. The van der Waals surface area contributed by atoms with Crippen molar-refractivity contribution in [1.29, 1.82) is 0 Å². The van der Waals surface area contributed by atoms with E-state index in [2.05, 4.69) is 64.9 Å². The zero-order valence-corrected chi connectivity index (χ0v) is 20.4. The number of hydrogen-bond donors (Lipinski definition) is 0. The molecule has 0 radical (unpaired) electrons. The first-order valence-corrected chi connectivity index (χ1v) is 12.9. The number of aryl methyl sites for hydroxylation is 2. The van der Waals surface area contributed by atoms with Crippen LogP contribution in [0.5, 0.6) is 0 Å². The molecule has 6 nitrogen and oxygen atoms in total. The molecule has 0 atom stereocenters. The Labute approximate surface area is 202 Å². The molecule has 6 rings (SSSR count). The van der Waals surface area contributed by atoms with Gasteiger partial charge in [0.25, 0.3) is 0 Å². The van der Waals surface area contributed by atoms with E-state index in [4.69, 9.17) is 15.0 Å². The molecule has 0 N–H and O–H groups in total. The van der Waals surface area contributed by atoms with E-state index in [1.54, 1.807) is 0 Å². The van der Waals surface area contributed by atoms with Crippen molar-refractivity contribution in [2.45, 2.75) is 46.1 Å². The Bertz CT molecular complexity index is 1240. The fourth-order valence-corrected chi connectivity index (χ4v) is 5.81. The van der Waals surface area contributed by atoms with Crippen molar-refractivity contribution in [1.82, 2.24) is 14.9 Å². The number of nitrogens with zero attached hydrogens (tertiary/aromatic N) is 6. The molecule has 0 spiro atoms. The monoisotopic (exact) mass is 454 g/mol. The summed E-state index contributed by atoms with van der Waals surface area (Å²) in [6.45, 7) is 11.3. The minimum absolute atomic E-state index is 0.849. The number of aliphatic imine (C=N–C) groups is 1. The van der Waals surface area contributed by atoms with Crippen LogP contribution in [0.4, 0.5) is 11.5 Å². The van der Waals surface area contributed by atoms with Gasteiger partial charge in [-0.05, 0) is 36.8 Å². The molecule has 0 unspecified atom stereocenters. The summed E-state index contributed by atoms with van der Waals surface area (Å²) in [5, 5.41) is 2.68. The maximum absolute atomic E-state index is 5.06. The van der Waals surface area contributed by atoms with E-state index in [-0.39, 0.29) is 0 Å². The highest BCUT2D eigenvalue weighted by molar-refractivity contribution is 5.97. The van der Waals surface area contributed by atoms with E-state index in [0.717, 1.165) is 70.9 Å². The lowest BCUT2D eigenvalue weighted by Gasteiger charge is -2.39. The van der Waals surface area contributed by atoms with Gasteiger partial charge in [-0.2, -0.15) is 0 Å². The fraction of sp³-hybridized carbons (Fsp3) is 0.464. The van der Waals surface area contributed by atoms with Gasteiger partial charge in [-0.15, -0.1) is 0 Å². The van der Waals surface area contributed by atoms with E-state index >= 15 is 0 Å². The summed E-state index contributed by atoms with van der Waals surface area (Å²) in [6.07, 6.45) is 4.21. The number of amidine groups is 1. The molecule has 1 aromatic heterocycles. The SMILES string of the molecule is CCc1nc2c(c(N3CCN(C4=NCCC4)CC3)n1)CCN(c1cccc3cccc(C)c13)C2. The molecule has 3 aromatic rings. The molecule has 0 bridgehead atoms. The smallest absolute Gasteiger partial charge is 0.136 e. The molecule has 1 saturated heterocycles. The molecule has 0 amide bonds. The zero-order valence-electron chi connectivity index (χ0n) is 20.4. The van der Waals surface area contributed by atoms with Crippen LogP contribution in [0.1, 0.15) is 42.4 Å². The Hall–Kier alpha value is -3.15. The first-order valence-electron chi connectivity index (χ1n) is 12.9. The zero-order chi connectivity index (χ0) is 23.1. The third-order valence-electron chi connectivity index (χ3n) is 7.63. The van der Waals surface area contributed by atoms with Crippen LogP contribution in [0.15, 0.2) is 41.4 Å². The number of fused-ring (bicyclic) bond motifs is 2. The van der Waals surface area contributed by atoms with Gasteiger partial charge in [0.2, 0.25) is 0 Å². The summed E-state index contributed by atoms with van der Waals surface area (Å²) in [5.41, 5.74) is 5.23. The third kappa shape index (κ3) is 3.79. The molecule has 34 heavy (non-hydrogen) atoms. The summed E-state index contributed by atoms with van der Waals surface area (Å²) in [4.78, 5) is 22.3. The minimum Gasteiger partial charge on any atom is -0.365 e. The maximum Gasteiger partial charge on any atom is 0.136 e. The van der Waals surface area contributed by atoms with E-state index in [1.807, 2.05) is 0 Å². The number of anilines is 2. The van der Waals surface area contributed by atoms with Crippen LogP contribution >= 0.6 is 0 Å². The van der Waals surface area contributed by atoms with E-state index in [0.29, 0.717) is 0 Å². The molecule has 4 heterocycles. The Morgan fingerprint density at radius 2 is 1.65 bits per heavy atom. The lowest BCUT2D eigenvalue weighted by atomic mass is 9.99. The fourth-order valence-electron chi connectivity index (χ4n) is 5.81. The van der Waals surface area contributed by atoms with Crippen molar-refractivity contribution < 1.29 is 0 Å². The molecule has 3 aliphatic heterocycles. The van der Waals surface area contributed by atoms with E-state index in [1.165, 1.54) is 51.4 Å². The van der Waals surface area contributed by atoms with Crippen molar-refractivity contribution in [3.05, 3.63) is 59.0 Å². The van der Waals surface area contributed by atoms with Crippen molar-refractivity contribution in [2.75, 3.05) is 49.1 Å². The molecule has 0 saturated carbocycles. The van der Waals surface area contributed by atoms with Crippen molar-refractivity contribution >= 4 is 28.1 Å². The average Bonchev–Trinajstić information content (AvgIpc) is 3.43. The third-order valence-corrected chi connectivity index (χ3v) is 7.63. The lowest BCUT2D eigenvalue weighted by Crippen LogP contribution is -2.49. The minimum atomic E-state index is 0.849. The number of piperazine rings is 1. The van der Waals surface area contributed by atoms with E-state index < -0.39 is 0 Å². The van der Waals surface area contributed by atoms with Crippen LogP contribution in [-0.2, 0) is 19.4 Å². The van der Waals surface area contributed by atoms with Gasteiger partial charge >= 0.3 is 0 Å². The molecular weight excluding hydrogens is 420 g/mol. The Morgan fingerprint density at radius 3 is 2.41 bits per heavy atom. The predicted molar refractivity (Wildman–Crippen MR) is 140 cm³/mol. The Kier molecular flexibility index (Phi) is 5.60. The standard InChI is InChI=1S/C28H34N6/c1-3-25-30-23-19-34(24-10-5-9-21-8-4-7-20(2)27(21)24)14-12-22(23)28(31-25)33-17-15-32(16-18-33)26-11-6-13-29-26/h4-5,7-10H,3,6,11-19H2,1-2H3. The van der Waals surface area contributed by atoms with Crippen LogP contribution in [0.3, 0.4) is 0 Å². The largest absolute Gasteiger partial charge is 0.365 e.